The first kappa shape index (κ1) is 36.3. The second-order valence-corrected chi connectivity index (χ2v) is 16.1. The zero-order chi connectivity index (χ0) is 36.7. The number of ether oxygens (including phenoxy) is 2. The highest BCUT2D eigenvalue weighted by molar-refractivity contribution is 7.91. The van der Waals surface area contributed by atoms with Crippen molar-refractivity contribution in [3.05, 3.63) is 89.0 Å². The van der Waals surface area contributed by atoms with Crippen LogP contribution < -0.4 is 10.1 Å². The molecule has 2 aliphatic heterocycles. The Hall–Kier alpha value is -4.04. The van der Waals surface area contributed by atoms with E-state index in [0.29, 0.717) is 56.1 Å². The number of fused-ring (bicyclic) bond motifs is 1. The van der Waals surface area contributed by atoms with Crippen LogP contribution in [0.2, 0.25) is 0 Å². The van der Waals surface area contributed by atoms with E-state index in [4.69, 9.17) is 14.5 Å². The predicted octanol–water partition coefficient (Wildman–Crippen LogP) is 6.44. The Bertz CT molecular complexity index is 2060. The summed E-state index contributed by atoms with van der Waals surface area (Å²) in [7, 11) is -2.47. The number of benzene rings is 3. The molecule has 9 nitrogen and oxygen atoms in total. The standard InChI is InChI=1S/C39H43F3N4O5S/c1-3-52(48,49)34-23-30-32(24-33(34)50-2)43-36(26-8-7-11-28(22-26)39(40,41)42)31(25-45-16-12-29(13-17-45)46-18-20-51-21-19-46)35(30)37(47)44-38(14-15-38)27-9-5-4-6-10-27/h4-11,22-24,29H,3,12-21,25H2,1-2H3,(H,44,47). The van der Waals surface area contributed by atoms with Crippen LogP contribution >= 0.6 is 0 Å². The maximum atomic E-state index is 14.9. The number of sulfone groups is 1. The monoisotopic (exact) mass is 736 g/mol. The van der Waals surface area contributed by atoms with Crippen LogP contribution in [-0.2, 0) is 32.8 Å². The molecule has 7 rings (SSSR count). The van der Waals surface area contributed by atoms with Gasteiger partial charge < -0.3 is 14.8 Å². The molecule has 1 aromatic heterocycles. The molecule has 0 atom stereocenters. The van der Waals surface area contributed by atoms with Gasteiger partial charge in [0.25, 0.3) is 5.91 Å². The Morgan fingerprint density at radius 2 is 1.71 bits per heavy atom. The highest BCUT2D eigenvalue weighted by Gasteiger charge is 2.46. The van der Waals surface area contributed by atoms with Gasteiger partial charge in [0.15, 0.2) is 9.84 Å². The number of halogens is 3. The topological polar surface area (TPSA) is 101 Å². The first-order valence-corrected chi connectivity index (χ1v) is 19.4. The van der Waals surface area contributed by atoms with E-state index in [2.05, 4.69) is 15.1 Å². The molecule has 4 aromatic rings. The predicted molar refractivity (Wildman–Crippen MR) is 192 cm³/mol. The lowest BCUT2D eigenvalue weighted by molar-refractivity contribution is -0.137. The van der Waals surface area contributed by atoms with Crippen molar-refractivity contribution in [1.29, 1.82) is 0 Å². The van der Waals surface area contributed by atoms with Crippen LogP contribution in [0.1, 0.15) is 59.7 Å². The summed E-state index contributed by atoms with van der Waals surface area (Å²) in [6.07, 6.45) is -1.42. The van der Waals surface area contributed by atoms with E-state index >= 15 is 0 Å². The van der Waals surface area contributed by atoms with Crippen molar-refractivity contribution in [2.45, 2.75) is 61.8 Å². The molecule has 1 aliphatic carbocycles. The molecule has 3 fully saturated rings. The van der Waals surface area contributed by atoms with Gasteiger partial charge in [-0.05, 0) is 62.5 Å². The van der Waals surface area contributed by atoms with Crippen molar-refractivity contribution in [1.82, 2.24) is 20.1 Å². The van der Waals surface area contributed by atoms with E-state index in [1.165, 1.54) is 32.2 Å². The molecule has 3 heterocycles. The second-order valence-electron chi connectivity index (χ2n) is 13.9. The van der Waals surface area contributed by atoms with Crippen LogP contribution in [0.3, 0.4) is 0 Å². The van der Waals surface area contributed by atoms with Crippen LogP contribution in [-0.4, -0.2) is 87.4 Å². The Kier molecular flexibility index (Phi) is 10.1. The molecule has 0 bridgehead atoms. The normalized spacial score (nSPS) is 18.7. The number of likely N-dealkylation sites (tertiary alicyclic amines) is 1. The van der Waals surface area contributed by atoms with Crippen molar-refractivity contribution in [2.24, 2.45) is 0 Å². The Morgan fingerprint density at radius 3 is 2.35 bits per heavy atom. The summed E-state index contributed by atoms with van der Waals surface area (Å²) in [5, 5.41) is 3.57. The minimum atomic E-state index is -4.60. The number of morpholine rings is 1. The van der Waals surface area contributed by atoms with Crippen LogP contribution in [0, 0.1) is 0 Å². The Morgan fingerprint density at radius 1 is 1.00 bits per heavy atom. The maximum Gasteiger partial charge on any atom is 0.416 e. The van der Waals surface area contributed by atoms with E-state index in [1.54, 1.807) is 6.07 Å². The highest BCUT2D eigenvalue weighted by Crippen LogP contribution is 2.46. The molecular formula is C39H43F3N4O5S. The summed E-state index contributed by atoms with van der Waals surface area (Å²) in [4.78, 5) is 24.4. The van der Waals surface area contributed by atoms with Gasteiger partial charge in [0.2, 0.25) is 0 Å². The van der Waals surface area contributed by atoms with E-state index in [-0.39, 0.29) is 45.3 Å². The number of pyridine rings is 1. The molecule has 13 heteroatoms. The number of amides is 1. The number of methoxy groups -OCH3 is 1. The van der Waals surface area contributed by atoms with Gasteiger partial charge in [0.05, 0.1) is 54.0 Å². The average molecular weight is 737 g/mol. The minimum absolute atomic E-state index is 0.0454. The molecule has 1 amide bonds. The number of rotatable bonds is 10. The summed E-state index contributed by atoms with van der Waals surface area (Å²) in [6.45, 7) is 6.32. The number of carbonyl (C=O) groups excluding carboxylic acids is 1. The highest BCUT2D eigenvalue weighted by atomic mass is 32.2. The van der Waals surface area contributed by atoms with E-state index < -0.39 is 33.0 Å². The van der Waals surface area contributed by atoms with Crippen LogP contribution in [0.4, 0.5) is 13.2 Å². The fourth-order valence-corrected chi connectivity index (χ4v) is 8.68. The largest absolute Gasteiger partial charge is 0.495 e. The summed E-state index contributed by atoms with van der Waals surface area (Å²) in [5.74, 6) is -0.594. The number of hydrogen-bond donors (Lipinski definition) is 1. The Balaban J connectivity index is 1.41. The molecular weight excluding hydrogens is 694 g/mol. The fraction of sp³-hybridized carbons (Fsp3) is 0.436. The number of piperidine rings is 1. The minimum Gasteiger partial charge on any atom is -0.495 e. The number of nitrogens with one attached hydrogen (secondary N) is 1. The third-order valence-corrected chi connectivity index (χ3v) is 12.5. The lowest BCUT2D eigenvalue weighted by atomic mass is 9.93. The van der Waals surface area contributed by atoms with Crippen LogP contribution in [0.5, 0.6) is 5.75 Å². The third kappa shape index (κ3) is 7.28. The van der Waals surface area contributed by atoms with E-state index in [1.807, 2.05) is 30.3 Å². The second kappa shape index (κ2) is 14.4. The molecule has 1 saturated carbocycles. The van der Waals surface area contributed by atoms with Gasteiger partial charge in [-0.25, -0.2) is 13.4 Å². The molecule has 2 saturated heterocycles. The van der Waals surface area contributed by atoms with Gasteiger partial charge in [-0.2, -0.15) is 13.2 Å². The molecule has 0 radical (unpaired) electrons. The number of nitrogens with zero attached hydrogens (tertiary/aromatic N) is 3. The van der Waals surface area contributed by atoms with Crippen molar-refractivity contribution < 1.29 is 35.9 Å². The van der Waals surface area contributed by atoms with Gasteiger partial charge in [-0.3, -0.25) is 14.6 Å². The van der Waals surface area contributed by atoms with Gasteiger partial charge in [0.1, 0.15) is 10.6 Å². The number of aromatic nitrogens is 1. The van der Waals surface area contributed by atoms with Crippen LogP contribution in [0.25, 0.3) is 22.2 Å². The number of alkyl halides is 3. The number of carbonyl (C=O) groups is 1. The zero-order valence-corrected chi connectivity index (χ0v) is 30.2. The molecule has 0 unspecified atom stereocenters. The SMILES string of the molecule is CCS(=O)(=O)c1cc2c(C(=O)NC3(c4ccccc4)CC3)c(CN3CCC(N4CCOCC4)CC3)c(-c3cccc(C(F)(F)F)c3)nc2cc1OC. The lowest BCUT2D eigenvalue weighted by Gasteiger charge is -2.40. The van der Waals surface area contributed by atoms with Gasteiger partial charge in [-0.15, -0.1) is 0 Å². The van der Waals surface area contributed by atoms with Crippen molar-refractivity contribution in [3.63, 3.8) is 0 Å². The van der Waals surface area contributed by atoms with E-state index in [0.717, 1.165) is 43.6 Å². The summed E-state index contributed by atoms with van der Waals surface area (Å²) in [5.41, 5.74) is 0.815. The summed E-state index contributed by atoms with van der Waals surface area (Å²) < 4.78 is 80.1. The van der Waals surface area contributed by atoms with Crippen molar-refractivity contribution in [3.8, 4) is 17.0 Å². The lowest BCUT2D eigenvalue weighted by Crippen LogP contribution is -2.48. The maximum absolute atomic E-state index is 14.9. The third-order valence-electron chi connectivity index (χ3n) is 10.7. The van der Waals surface area contributed by atoms with Crippen LogP contribution in [0.15, 0.2) is 71.6 Å². The molecule has 52 heavy (non-hydrogen) atoms. The molecule has 276 valence electrons. The number of hydrogen-bond acceptors (Lipinski definition) is 8. The molecule has 0 spiro atoms. The van der Waals surface area contributed by atoms with Crippen molar-refractivity contribution >= 4 is 26.6 Å². The van der Waals surface area contributed by atoms with Gasteiger partial charge in [0, 0.05) is 48.3 Å². The fourth-order valence-electron chi connectivity index (χ4n) is 7.62. The van der Waals surface area contributed by atoms with Crippen molar-refractivity contribution in [2.75, 3.05) is 52.3 Å². The smallest absolute Gasteiger partial charge is 0.416 e. The van der Waals surface area contributed by atoms with Gasteiger partial charge >= 0.3 is 6.18 Å². The molecule has 3 aliphatic rings. The molecule has 3 aromatic carbocycles. The van der Waals surface area contributed by atoms with Gasteiger partial charge in [-0.1, -0.05) is 49.4 Å². The zero-order valence-electron chi connectivity index (χ0n) is 29.3. The summed E-state index contributed by atoms with van der Waals surface area (Å²) in [6, 6.07) is 17.9. The van der Waals surface area contributed by atoms with E-state index in [9.17, 15) is 26.4 Å². The summed E-state index contributed by atoms with van der Waals surface area (Å²) >= 11 is 0. The molecule has 1 N–H and O–H groups in total. The average Bonchev–Trinajstić information content (AvgIpc) is 3.95. The first-order valence-electron chi connectivity index (χ1n) is 17.8. The first-order chi connectivity index (χ1) is 24.9. The Labute approximate surface area is 302 Å². The quantitative estimate of drug-likeness (QED) is 0.199.